The maximum atomic E-state index is 13.3. The highest BCUT2D eigenvalue weighted by Crippen LogP contribution is 2.30. The molecule has 1 unspecified atom stereocenters. The Balaban J connectivity index is 1.38. The maximum Gasteiger partial charge on any atom is 0.451 e. The molecule has 13 heteroatoms. The molecule has 2 aliphatic heterocycles. The van der Waals surface area contributed by atoms with Crippen LogP contribution < -0.4 is 16.0 Å². The molecule has 3 aromatic rings. The average molecular weight is 536 g/mol. The van der Waals surface area contributed by atoms with Crippen molar-refractivity contribution in [3.05, 3.63) is 58.6 Å². The van der Waals surface area contributed by atoms with E-state index in [1.807, 2.05) is 17.0 Å². The molecule has 5 rings (SSSR count). The number of morpholine rings is 1. The topological polar surface area (TPSA) is 110 Å². The Kier molecular flexibility index (Phi) is 7.17. The number of halogens is 4. The van der Waals surface area contributed by atoms with Gasteiger partial charge in [0, 0.05) is 62.1 Å². The van der Waals surface area contributed by atoms with E-state index in [0.29, 0.717) is 42.8 Å². The molecule has 3 N–H and O–H groups in total. The van der Waals surface area contributed by atoms with Gasteiger partial charge in [0.1, 0.15) is 5.82 Å². The van der Waals surface area contributed by atoms with Crippen molar-refractivity contribution in [2.45, 2.75) is 18.3 Å². The van der Waals surface area contributed by atoms with E-state index in [-0.39, 0.29) is 23.2 Å². The number of hydrogen-bond acceptors (Lipinski definition) is 8. The molecule has 1 aromatic carbocycles. The minimum absolute atomic E-state index is 0.109. The summed E-state index contributed by atoms with van der Waals surface area (Å²) in [6.07, 6.45) is -2.33. The lowest BCUT2D eigenvalue weighted by Gasteiger charge is -2.37. The van der Waals surface area contributed by atoms with Crippen LogP contribution in [-0.4, -0.2) is 77.7 Å². The van der Waals surface area contributed by atoms with Crippen LogP contribution in [0.4, 0.5) is 19.0 Å². The number of nitrogens with zero attached hydrogens (tertiary/aromatic N) is 5. The first-order chi connectivity index (χ1) is 17.7. The van der Waals surface area contributed by atoms with Gasteiger partial charge in [-0.2, -0.15) is 13.2 Å². The summed E-state index contributed by atoms with van der Waals surface area (Å²) in [5, 5.41) is 3.77. The molecule has 0 radical (unpaired) electrons. The van der Waals surface area contributed by atoms with Gasteiger partial charge < -0.3 is 20.7 Å². The van der Waals surface area contributed by atoms with Gasteiger partial charge in [-0.15, -0.1) is 0 Å². The van der Waals surface area contributed by atoms with Crippen molar-refractivity contribution in [2.24, 2.45) is 5.73 Å². The van der Waals surface area contributed by atoms with Gasteiger partial charge in [0.25, 0.3) is 5.91 Å². The smallest absolute Gasteiger partial charge is 0.379 e. The molecule has 2 fully saturated rings. The molecule has 2 saturated heterocycles. The first kappa shape index (κ1) is 25.6. The number of nitrogens with one attached hydrogen (secondary N) is 1. The van der Waals surface area contributed by atoms with Gasteiger partial charge >= 0.3 is 6.18 Å². The third-order valence-electron chi connectivity index (χ3n) is 6.52. The molecule has 196 valence electrons. The Bertz CT molecular complexity index is 1280. The van der Waals surface area contributed by atoms with Gasteiger partial charge in [-0.05, 0) is 24.3 Å². The van der Waals surface area contributed by atoms with Gasteiger partial charge in [-0.25, -0.2) is 15.0 Å². The zero-order chi connectivity index (χ0) is 26.2. The zero-order valence-electron chi connectivity index (χ0n) is 19.7. The first-order valence-electron chi connectivity index (χ1n) is 11.8. The fourth-order valence-electron chi connectivity index (χ4n) is 4.55. The van der Waals surface area contributed by atoms with Crippen molar-refractivity contribution < 1.29 is 22.7 Å². The number of rotatable bonds is 6. The Morgan fingerprint density at radius 1 is 1.16 bits per heavy atom. The third kappa shape index (κ3) is 5.47. The quantitative estimate of drug-likeness (QED) is 0.496. The molecule has 1 amide bonds. The van der Waals surface area contributed by atoms with Crippen LogP contribution in [0.5, 0.6) is 0 Å². The maximum absolute atomic E-state index is 13.3. The molecule has 37 heavy (non-hydrogen) atoms. The van der Waals surface area contributed by atoms with E-state index in [1.165, 1.54) is 0 Å². The SMILES string of the molecule is NC1CN(c2ccc3c(C(=O)NCC(c4cnc(C(F)(F)F)nc4)N4CCOCC4)c(Cl)ccc3n2)C1. The lowest BCUT2D eigenvalue weighted by molar-refractivity contribution is -0.145. The fourth-order valence-corrected chi connectivity index (χ4v) is 4.81. The van der Waals surface area contributed by atoms with E-state index in [9.17, 15) is 18.0 Å². The largest absolute Gasteiger partial charge is 0.451 e. The molecule has 2 aliphatic rings. The minimum Gasteiger partial charge on any atom is -0.379 e. The van der Waals surface area contributed by atoms with Crippen LogP contribution in [-0.2, 0) is 10.9 Å². The number of fused-ring (bicyclic) bond motifs is 1. The van der Waals surface area contributed by atoms with E-state index < -0.39 is 23.9 Å². The van der Waals surface area contributed by atoms with Crippen LogP contribution >= 0.6 is 11.6 Å². The summed E-state index contributed by atoms with van der Waals surface area (Å²) in [5.74, 6) is -0.851. The summed E-state index contributed by atoms with van der Waals surface area (Å²) in [7, 11) is 0. The Morgan fingerprint density at radius 2 is 1.86 bits per heavy atom. The van der Waals surface area contributed by atoms with E-state index >= 15 is 0 Å². The predicted molar refractivity (Wildman–Crippen MR) is 131 cm³/mol. The number of aromatic nitrogens is 3. The molecule has 2 aromatic heterocycles. The first-order valence-corrected chi connectivity index (χ1v) is 12.2. The number of alkyl halides is 3. The highest BCUT2D eigenvalue weighted by atomic mass is 35.5. The number of nitrogens with two attached hydrogens (primary N) is 1. The Morgan fingerprint density at radius 3 is 2.51 bits per heavy atom. The Labute approximate surface area is 215 Å². The highest BCUT2D eigenvalue weighted by Gasteiger charge is 2.35. The second kappa shape index (κ2) is 10.4. The van der Waals surface area contributed by atoms with Crippen LogP contribution in [0, 0.1) is 0 Å². The van der Waals surface area contributed by atoms with Crippen molar-refractivity contribution in [3.8, 4) is 0 Å². The van der Waals surface area contributed by atoms with Crippen molar-refractivity contribution >= 4 is 34.2 Å². The number of amides is 1. The fraction of sp³-hybridized carbons (Fsp3) is 0.417. The van der Waals surface area contributed by atoms with Crippen LogP contribution in [0.1, 0.15) is 27.8 Å². The predicted octanol–water partition coefficient (Wildman–Crippen LogP) is 2.65. The van der Waals surface area contributed by atoms with Gasteiger partial charge in [0.2, 0.25) is 5.82 Å². The van der Waals surface area contributed by atoms with E-state index in [2.05, 4.69) is 25.2 Å². The average Bonchev–Trinajstić information content (AvgIpc) is 2.87. The molecular formula is C24H25ClF3N7O2. The molecule has 0 spiro atoms. The van der Waals surface area contributed by atoms with Crippen LogP contribution in [0.25, 0.3) is 10.9 Å². The molecular weight excluding hydrogens is 511 g/mol. The van der Waals surface area contributed by atoms with Crippen LogP contribution in [0.2, 0.25) is 5.02 Å². The summed E-state index contributed by atoms with van der Waals surface area (Å²) in [6, 6.07) is 6.69. The number of benzene rings is 1. The van der Waals surface area contributed by atoms with E-state index in [0.717, 1.165) is 31.3 Å². The molecule has 0 saturated carbocycles. The molecule has 0 bridgehead atoms. The number of anilines is 1. The lowest BCUT2D eigenvalue weighted by atomic mass is 10.1. The second-order valence-corrected chi connectivity index (χ2v) is 9.44. The standard InChI is InChI=1S/C24H25ClF3N7O2/c25-17-2-3-18-16(1-4-20(33-18)35-12-15(29)13-35)21(17)22(36)30-11-19(34-5-7-37-8-6-34)14-9-31-23(32-10-14)24(26,27)28/h1-4,9-10,15,19H,5-8,11-13,29H2,(H,30,36). The van der Waals surface area contributed by atoms with E-state index in [1.54, 1.807) is 12.1 Å². The normalized spacial score (nSPS) is 18.0. The Hall–Kier alpha value is -3.06. The number of pyridine rings is 1. The monoisotopic (exact) mass is 535 g/mol. The van der Waals surface area contributed by atoms with Gasteiger partial charge in [-0.3, -0.25) is 9.69 Å². The summed E-state index contributed by atoms with van der Waals surface area (Å²) in [6.45, 7) is 3.57. The third-order valence-corrected chi connectivity index (χ3v) is 6.83. The molecule has 9 nitrogen and oxygen atoms in total. The van der Waals surface area contributed by atoms with Crippen molar-refractivity contribution in [3.63, 3.8) is 0 Å². The summed E-state index contributed by atoms with van der Waals surface area (Å²) in [4.78, 5) is 29.1. The zero-order valence-corrected chi connectivity index (χ0v) is 20.5. The van der Waals surface area contributed by atoms with Crippen LogP contribution in [0.15, 0.2) is 36.7 Å². The van der Waals surface area contributed by atoms with Gasteiger partial charge in [0.15, 0.2) is 0 Å². The number of hydrogen-bond donors (Lipinski definition) is 2. The van der Waals surface area contributed by atoms with Gasteiger partial charge in [-0.1, -0.05) is 11.6 Å². The molecule has 4 heterocycles. The van der Waals surface area contributed by atoms with Crippen molar-refractivity contribution in [2.75, 3.05) is 50.8 Å². The van der Waals surface area contributed by atoms with Crippen molar-refractivity contribution in [1.82, 2.24) is 25.2 Å². The molecule has 0 aliphatic carbocycles. The highest BCUT2D eigenvalue weighted by molar-refractivity contribution is 6.35. The number of carbonyl (C=O) groups excluding carboxylic acids is 1. The minimum atomic E-state index is -4.64. The van der Waals surface area contributed by atoms with Gasteiger partial charge in [0.05, 0.1) is 35.4 Å². The summed E-state index contributed by atoms with van der Waals surface area (Å²) in [5.41, 5.74) is 7.23. The summed E-state index contributed by atoms with van der Waals surface area (Å²) >= 11 is 6.43. The van der Waals surface area contributed by atoms with Crippen molar-refractivity contribution in [1.29, 1.82) is 0 Å². The molecule has 1 atom stereocenters. The summed E-state index contributed by atoms with van der Waals surface area (Å²) < 4.78 is 44.3. The van der Waals surface area contributed by atoms with Crippen LogP contribution in [0.3, 0.4) is 0 Å². The van der Waals surface area contributed by atoms with E-state index in [4.69, 9.17) is 22.1 Å². The second-order valence-electron chi connectivity index (χ2n) is 9.04. The lowest BCUT2D eigenvalue weighted by Crippen LogP contribution is -2.56. The number of ether oxygens (including phenoxy) is 1. The number of carbonyl (C=O) groups is 1.